The van der Waals surface area contributed by atoms with E-state index in [1.54, 1.807) is 28.6 Å². The lowest BCUT2D eigenvalue weighted by Crippen LogP contribution is -2.43. The Morgan fingerprint density at radius 1 is 0.909 bits per heavy atom. The normalized spacial score (nSPS) is 21.5. The van der Waals surface area contributed by atoms with Crippen molar-refractivity contribution < 1.29 is 13.2 Å². The SMILES string of the molecule is CC1CCCCN1S(=O)(=O)c1cccc(C(=O)N2CCn3cccc3C2c2ccccc2)c1. The number of carbonyl (C=O) groups excluding carboxylic acids is 1. The molecule has 7 heteroatoms. The Bertz CT molecular complexity index is 1250. The second-order valence-electron chi connectivity index (χ2n) is 8.93. The predicted molar refractivity (Wildman–Crippen MR) is 127 cm³/mol. The smallest absolute Gasteiger partial charge is 0.254 e. The fourth-order valence-electron chi connectivity index (χ4n) is 5.11. The van der Waals surface area contributed by atoms with E-state index in [0.29, 0.717) is 25.2 Å². The fraction of sp³-hybridized carbons (Fsp3) is 0.346. The van der Waals surface area contributed by atoms with Crippen molar-refractivity contribution in [3.63, 3.8) is 0 Å². The Morgan fingerprint density at radius 2 is 1.73 bits per heavy atom. The van der Waals surface area contributed by atoms with Gasteiger partial charge in [-0.2, -0.15) is 4.31 Å². The molecule has 0 aliphatic carbocycles. The van der Waals surface area contributed by atoms with E-state index in [-0.39, 0.29) is 22.9 Å². The summed E-state index contributed by atoms with van der Waals surface area (Å²) < 4.78 is 30.5. The molecule has 1 aromatic heterocycles. The van der Waals surface area contributed by atoms with Crippen LogP contribution in [0.4, 0.5) is 0 Å². The summed E-state index contributed by atoms with van der Waals surface area (Å²) in [6.45, 7) is 3.75. The topological polar surface area (TPSA) is 62.6 Å². The van der Waals surface area contributed by atoms with Crippen molar-refractivity contribution in [3.8, 4) is 0 Å². The fourth-order valence-corrected chi connectivity index (χ4v) is 6.85. The summed E-state index contributed by atoms with van der Waals surface area (Å²) in [5.41, 5.74) is 2.50. The molecule has 0 spiro atoms. The van der Waals surface area contributed by atoms with Gasteiger partial charge in [-0.1, -0.05) is 42.8 Å². The summed E-state index contributed by atoms with van der Waals surface area (Å²) in [6.07, 6.45) is 4.82. The van der Waals surface area contributed by atoms with Gasteiger partial charge in [0.2, 0.25) is 10.0 Å². The molecular formula is C26H29N3O3S. The molecule has 2 aromatic carbocycles. The molecule has 2 unspecified atom stereocenters. The number of piperidine rings is 1. The molecule has 33 heavy (non-hydrogen) atoms. The molecule has 1 fully saturated rings. The molecule has 0 N–H and O–H groups in total. The summed E-state index contributed by atoms with van der Waals surface area (Å²) in [5, 5.41) is 0. The number of fused-ring (bicyclic) bond motifs is 1. The molecular weight excluding hydrogens is 434 g/mol. The first-order valence-electron chi connectivity index (χ1n) is 11.6. The van der Waals surface area contributed by atoms with Crippen LogP contribution in [-0.4, -0.2) is 47.2 Å². The van der Waals surface area contributed by atoms with Gasteiger partial charge in [-0.3, -0.25) is 4.79 Å². The van der Waals surface area contributed by atoms with Crippen molar-refractivity contribution in [2.24, 2.45) is 0 Å². The largest absolute Gasteiger partial charge is 0.348 e. The molecule has 5 rings (SSSR count). The summed E-state index contributed by atoms with van der Waals surface area (Å²) in [5.74, 6) is -0.153. The van der Waals surface area contributed by atoms with Crippen LogP contribution in [0.2, 0.25) is 0 Å². The van der Waals surface area contributed by atoms with Crippen LogP contribution >= 0.6 is 0 Å². The Kier molecular flexibility index (Phi) is 5.85. The van der Waals surface area contributed by atoms with Gasteiger partial charge < -0.3 is 9.47 Å². The van der Waals surface area contributed by atoms with Gasteiger partial charge in [0.05, 0.1) is 10.9 Å². The van der Waals surface area contributed by atoms with Gasteiger partial charge in [0, 0.05) is 43.1 Å². The number of nitrogens with zero attached hydrogens (tertiary/aromatic N) is 3. The van der Waals surface area contributed by atoms with Gasteiger partial charge in [-0.15, -0.1) is 0 Å². The first kappa shape index (κ1) is 21.9. The number of amides is 1. The van der Waals surface area contributed by atoms with Crippen molar-refractivity contribution >= 4 is 15.9 Å². The second-order valence-corrected chi connectivity index (χ2v) is 10.8. The molecule has 0 bridgehead atoms. The lowest BCUT2D eigenvalue weighted by Gasteiger charge is -2.37. The summed E-state index contributed by atoms with van der Waals surface area (Å²) >= 11 is 0. The molecule has 2 aliphatic heterocycles. The average Bonchev–Trinajstić information content (AvgIpc) is 3.33. The number of carbonyl (C=O) groups is 1. The third kappa shape index (κ3) is 4.00. The highest BCUT2D eigenvalue weighted by Crippen LogP contribution is 2.34. The maximum absolute atomic E-state index is 13.7. The highest BCUT2D eigenvalue weighted by Gasteiger charge is 2.34. The Morgan fingerprint density at radius 3 is 2.52 bits per heavy atom. The zero-order chi connectivity index (χ0) is 23.0. The maximum Gasteiger partial charge on any atom is 0.254 e. The minimum Gasteiger partial charge on any atom is -0.348 e. The van der Waals surface area contributed by atoms with Crippen molar-refractivity contribution in [2.75, 3.05) is 13.1 Å². The molecule has 3 aromatic rings. The number of sulfonamides is 1. The Labute approximate surface area is 195 Å². The van der Waals surface area contributed by atoms with Gasteiger partial charge in [0.25, 0.3) is 5.91 Å². The van der Waals surface area contributed by atoms with Gasteiger partial charge in [-0.25, -0.2) is 8.42 Å². The number of benzene rings is 2. The van der Waals surface area contributed by atoms with Crippen LogP contribution in [0.1, 0.15) is 53.8 Å². The molecule has 1 amide bonds. The van der Waals surface area contributed by atoms with E-state index in [4.69, 9.17) is 0 Å². The monoisotopic (exact) mass is 463 g/mol. The van der Waals surface area contributed by atoms with E-state index < -0.39 is 10.0 Å². The lowest BCUT2D eigenvalue weighted by molar-refractivity contribution is 0.0664. The highest BCUT2D eigenvalue weighted by atomic mass is 32.2. The highest BCUT2D eigenvalue weighted by molar-refractivity contribution is 7.89. The molecule has 172 valence electrons. The Balaban J connectivity index is 1.50. The van der Waals surface area contributed by atoms with E-state index in [0.717, 1.165) is 30.5 Å². The van der Waals surface area contributed by atoms with Crippen LogP contribution in [0.25, 0.3) is 0 Å². The number of rotatable bonds is 4. The first-order valence-corrected chi connectivity index (χ1v) is 13.0. The minimum atomic E-state index is -3.64. The van der Waals surface area contributed by atoms with Crippen molar-refractivity contribution in [3.05, 3.63) is 89.7 Å². The van der Waals surface area contributed by atoms with E-state index in [2.05, 4.69) is 10.6 Å². The quantitative estimate of drug-likeness (QED) is 0.580. The molecule has 6 nitrogen and oxygen atoms in total. The van der Waals surface area contributed by atoms with Crippen LogP contribution in [0.5, 0.6) is 0 Å². The minimum absolute atomic E-state index is 0.0274. The predicted octanol–water partition coefficient (Wildman–Crippen LogP) is 4.30. The van der Waals surface area contributed by atoms with Gasteiger partial charge in [0.15, 0.2) is 0 Å². The van der Waals surface area contributed by atoms with Crippen LogP contribution in [0.15, 0.2) is 77.8 Å². The zero-order valence-electron chi connectivity index (χ0n) is 18.8. The number of hydrogen-bond donors (Lipinski definition) is 0. The molecule has 0 saturated carbocycles. The molecule has 1 saturated heterocycles. The summed E-state index contributed by atoms with van der Waals surface area (Å²) in [4.78, 5) is 15.8. The molecule has 2 aliphatic rings. The van der Waals surface area contributed by atoms with Crippen molar-refractivity contribution in [1.82, 2.24) is 13.8 Å². The lowest BCUT2D eigenvalue weighted by atomic mass is 9.99. The first-order chi connectivity index (χ1) is 16.0. The van der Waals surface area contributed by atoms with E-state index in [1.165, 1.54) is 0 Å². The zero-order valence-corrected chi connectivity index (χ0v) is 19.6. The van der Waals surface area contributed by atoms with E-state index >= 15 is 0 Å². The molecule has 2 atom stereocenters. The van der Waals surface area contributed by atoms with Crippen molar-refractivity contribution in [1.29, 1.82) is 0 Å². The molecule has 0 radical (unpaired) electrons. The Hall–Kier alpha value is -2.90. The van der Waals surface area contributed by atoms with Crippen LogP contribution in [0, 0.1) is 0 Å². The van der Waals surface area contributed by atoms with Crippen molar-refractivity contribution in [2.45, 2.75) is 49.7 Å². The van der Waals surface area contributed by atoms with Gasteiger partial charge in [-0.05, 0) is 55.7 Å². The number of hydrogen-bond acceptors (Lipinski definition) is 3. The number of aromatic nitrogens is 1. The maximum atomic E-state index is 13.7. The van der Waals surface area contributed by atoms with Crippen LogP contribution in [-0.2, 0) is 16.6 Å². The average molecular weight is 464 g/mol. The summed E-state index contributed by atoms with van der Waals surface area (Å²) in [7, 11) is -3.64. The van der Waals surface area contributed by atoms with Gasteiger partial charge >= 0.3 is 0 Å². The third-order valence-corrected chi connectivity index (χ3v) is 8.85. The summed E-state index contributed by atoms with van der Waals surface area (Å²) in [6, 6.07) is 20.4. The second kappa shape index (κ2) is 8.80. The van der Waals surface area contributed by atoms with E-state index in [9.17, 15) is 13.2 Å². The van der Waals surface area contributed by atoms with E-state index in [1.807, 2.05) is 54.4 Å². The standard InChI is InChI=1S/C26H29N3O3S/c1-20-9-5-6-16-29(20)33(31,32)23-13-7-12-22(19-23)26(30)28-18-17-27-15-8-14-24(27)25(28)21-10-3-2-4-11-21/h2-4,7-8,10-15,19-20,25H,5-6,9,16-18H2,1H3. The van der Waals surface area contributed by atoms with Crippen LogP contribution < -0.4 is 0 Å². The van der Waals surface area contributed by atoms with Gasteiger partial charge in [0.1, 0.15) is 0 Å². The molecule has 3 heterocycles. The third-order valence-electron chi connectivity index (χ3n) is 6.84. The van der Waals surface area contributed by atoms with Crippen LogP contribution in [0.3, 0.4) is 0 Å².